The van der Waals surface area contributed by atoms with Gasteiger partial charge in [-0.25, -0.2) is 0 Å². The zero-order valence-corrected chi connectivity index (χ0v) is 11.7. The van der Waals surface area contributed by atoms with Crippen LogP contribution in [0.5, 0.6) is 0 Å². The van der Waals surface area contributed by atoms with Crippen LogP contribution in [0.15, 0.2) is 12.1 Å². The molecule has 0 bridgehead atoms. The summed E-state index contributed by atoms with van der Waals surface area (Å²) < 4.78 is 0. The Balaban J connectivity index is 1.90. The van der Waals surface area contributed by atoms with E-state index in [1.165, 1.54) is 41.5 Å². The average molecular weight is 244 g/mol. The molecule has 1 aromatic carbocycles. The van der Waals surface area contributed by atoms with Crippen LogP contribution >= 0.6 is 0 Å². The van der Waals surface area contributed by atoms with E-state index in [1.807, 2.05) is 0 Å². The molecule has 0 saturated heterocycles. The first-order valence-electron chi connectivity index (χ1n) is 7.17. The molecule has 18 heavy (non-hydrogen) atoms. The molecule has 0 heterocycles. The molecule has 2 fully saturated rings. The summed E-state index contributed by atoms with van der Waals surface area (Å²) in [5.74, 6) is 8.51. The Kier molecular flexibility index (Phi) is 2.95. The van der Waals surface area contributed by atoms with Crippen LogP contribution in [0.2, 0.25) is 0 Å². The minimum Gasteiger partial charge on any atom is -0.271 e. The van der Waals surface area contributed by atoms with Crippen LogP contribution in [-0.2, 0) is 0 Å². The van der Waals surface area contributed by atoms with Gasteiger partial charge in [0.2, 0.25) is 0 Å². The molecule has 0 aliphatic heterocycles. The second-order valence-electron chi connectivity index (χ2n) is 6.27. The number of hydrazine groups is 1. The van der Waals surface area contributed by atoms with Crippen molar-refractivity contribution in [3.05, 3.63) is 34.4 Å². The first-order valence-corrected chi connectivity index (χ1v) is 7.17. The summed E-state index contributed by atoms with van der Waals surface area (Å²) in [6, 6.07) is 5.00. The van der Waals surface area contributed by atoms with Crippen molar-refractivity contribution in [1.82, 2.24) is 5.43 Å². The van der Waals surface area contributed by atoms with Crippen molar-refractivity contribution >= 4 is 0 Å². The van der Waals surface area contributed by atoms with Crippen molar-refractivity contribution in [1.29, 1.82) is 0 Å². The predicted molar refractivity (Wildman–Crippen MR) is 75.0 cm³/mol. The maximum Gasteiger partial charge on any atom is 0.0496 e. The van der Waals surface area contributed by atoms with Gasteiger partial charge in [-0.05, 0) is 73.6 Å². The predicted octanol–water partition coefficient (Wildman–Crippen LogP) is 3.16. The van der Waals surface area contributed by atoms with Gasteiger partial charge in [-0.1, -0.05) is 18.6 Å². The van der Waals surface area contributed by atoms with E-state index >= 15 is 0 Å². The van der Waals surface area contributed by atoms with Gasteiger partial charge in [0, 0.05) is 6.04 Å². The van der Waals surface area contributed by atoms with Crippen molar-refractivity contribution in [3.8, 4) is 0 Å². The van der Waals surface area contributed by atoms with E-state index in [4.69, 9.17) is 5.84 Å². The third kappa shape index (κ3) is 1.79. The zero-order valence-electron chi connectivity index (χ0n) is 11.7. The lowest BCUT2D eigenvalue weighted by Crippen LogP contribution is -2.31. The van der Waals surface area contributed by atoms with Crippen molar-refractivity contribution in [3.63, 3.8) is 0 Å². The molecule has 98 valence electrons. The van der Waals surface area contributed by atoms with Crippen molar-refractivity contribution in [2.75, 3.05) is 0 Å². The highest BCUT2D eigenvalue weighted by Crippen LogP contribution is 2.62. The van der Waals surface area contributed by atoms with Gasteiger partial charge in [-0.15, -0.1) is 0 Å². The molecule has 3 N–H and O–H groups in total. The van der Waals surface area contributed by atoms with Gasteiger partial charge >= 0.3 is 0 Å². The highest BCUT2D eigenvalue weighted by molar-refractivity contribution is 5.39. The Morgan fingerprint density at radius 2 is 1.67 bits per heavy atom. The zero-order chi connectivity index (χ0) is 12.9. The number of nitrogens with two attached hydrogens (primary N) is 1. The highest BCUT2D eigenvalue weighted by Gasteiger charge is 2.56. The van der Waals surface area contributed by atoms with Crippen LogP contribution in [0.3, 0.4) is 0 Å². The summed E-state index contributed by atoms with van der Waals surface area (Å²) in [6.45, 7) is 6.59. The van der Waals surface area contributed by atoms with Crippen LogP contribution in [0.25, 0.3) is 0 Å². The Bertz CT molecular complexity index is 456. The molecule has 3 rings (SSSR count). The molecular weight excluding hydrogens is 220 g/mol. The highest BCUT2D eigenvalue weighted by atomic mass is 15.2. The van der Waals surface area contributed by atoms with E-state index in [0.717, 1.165) is 17.8 Å². The Morgan fingerprint density at radius 1 is 1.06 bits per heavy atom. The monoisotopic (exact) mass is 244 g/mol. The normalized spacial score (nSPS) is 31.2. The second-order valence-corrected chi connectivity index (χ2v) is 6.27. The number of rotatable bonds is 3. The standard InChI is InChI=1S/C16H24N2/c1-9-7-11(3)14(8-10(9)2)16(18-17)15-12-5-4-6-13(12)15/h7-8,12-13,15-16,18H,4-6,17H2,1-3H3. The van der Waals surface area contributed by atoms with Crippen molar-refractivity contribution in [2.45, 2.75) is 46.1 Å². The third-order valence-electron chi connectivity index (χ3n) is 5.25. The molecular formula is C16H24N2. The minimum atomic E-state index is 0.361. The molecule has 0 spiro atoms. The molecule has 2 aliphatic rings. The largest absolute Gasteiger partial charge is 0.271 e. The summed E-state index contributed by atoms with van der Waals surface area (Å²) in [7, 11) is 0. The average Bonchev–Trinajstić information content (AvgIpc) is 2.81. The summed E-state index contributed by atoms with van der Waals surface area (Å²) >= 11 is 0. The topological polar surface area (TPSA) is 38.0 Å². The molecule has 0 aromatic heterocycles. The SMILES string of the molecule is Cc1cc(C)c(C(NN)C2C3CCCC32)cc1C. The molecule has 1 aromatic rings. The van der Waals surface area contributed by atoms with Gasteiger partial charge in [0.15, 0.2) is 0 Å². The Hall–Kier alpha value is -0.860. The molecule has 2 nitrogen and oxygen atoms in total. The lowest BCUT2D eigenvalue weighted by Gasteiger charge is -2.22. The fourth-order valence-electron chi connectivity index (χ4n) is 4.10. The summed E-state index contributed by atoms with van der Waals surface area (Å²) in [6.07, 6.45) is 4.25. The molecule has 2 heteroatoms. The van der Waals surface area contributed by atoms with Crippen LogP contribution in [0.1, 0.15) is 47.6 Å². The lowest BCUT2D eigenvalue weighted by atomic mass is 9.91. The maximum atomic E-state index is 5.86. The number of benzene rings is 1. The minimum absolute atomic E-state index is 0.361. The Morgan fingerprint density at radius 3 is 2.28 bits per heavy atom. The van der Waals surface area contributed by atoms with Gasteiger partial charge in [-0.2, -0.15) is 0 Å². The van der Waals surface area contributed by atoms with E-state index in [9.17, 15) is 0 Å². The van der Waals surface area contributed by atoms with E-state index in [-0.39, 0.29) is 0 Å². The Labute approximate surface area is 110 Å². The van der Waals surface area contributed by atoms with Crippen molar-refractivity contribution < 1.29 is 0 Å². The summed E-state index contributed by atoms with van der Waals surface area (Å²) in [5, 5.41) is 0. The molecule has 0 amide bonds. The van der Waals surface area contributed by atoms with Crippen LogP contribution in [0.4, 0.5) is 0 Å². The van der Waals surface area contributed by atoms with Crippen LogP contribution in [-0.4, -0.2) is 0 Å². The summed E-state index contributed by atoms with van der Waals surface area (Å²) in [4.78, 5) is 0. The first kappa shape index (κ1) is 12.2. The van der Waals surface area contributed by atoms with E-state index < -0.39 is 0 Å². The van der Waals surface area contributed by atoms with Gasteiger partial charge in [0.1, 0.15) is 0 Å². The second kappa shape index (κ2) is 4.36. The summed E-state index contributed by atoms with van der Waals surface area (Å²) in [5.41, 5.74) is 8.65. The lowest BCUT2D eigenvalue weighted by molar-refractivity contribution is 0.423. The first-order chi connectivity index (χ1) is 8.63. The molecule has 2 aliphatic carbocycles. The van der Waals surface area contributed by atoms with E-state index in [2.05, 4.69) is 38.3 Å². The van der Waals surface area contributed by atoms with Gasteiger partial charge in [0.05, 0.1) is 0 Å². The number of aryl methyl sites for hydroxylation is 3. The molecule has 2 saturated carbocycles. The smallest absolute Gasteiger partial charge is 0.0496 e. The fourth-order valence-corrected chi connectivity index (χ4v) is 4.10. The van der Waals surface area contributed by atoms with E-state index in [0.29, 0.717) is 6.04 Å². The number of nitrogens with one attached hydrogen (secondary N) is 1. The third-order valence-corrected chi connectivity index (χ3v) is 5.25. The quantitative estimate of drug-likeness (QED) is 0.633. The number of hydrogen-bond acceptors (Lipinski definition) is 2. The maximum absolute atomic E-state index is 5.86. The van der Waals surface area contributed by atoms with E-state index in [1.54, 1.807) is 0 Å². The molecule has 0 radical (unpaired) electrons. The van der Waals surface area contributed by atoms with Gasteiger partial charge in [0.25, 0.3) is 0 Å². The number of hydrogen-bond donors (Lipinski definition) is 2. The van der Waals surface area contributed by atoms with Gasteiger partial charge in [-0.3, -0.25) is 11.3 Å². The van der Waals surface area contributed by atoms with Crippen molar-refractivity contribution in [2.24, 2.45) is 23.6 Å². The molecule has 3 atom stereocenters. The van der Waals surface area contributed by atoms with Gasteiger partial charge < -0.3 is 0 Å². The van der Waals surface area contributed by atoms with Crippen LogP contribution in [0, 0.1) is 38.5 Å². The molecule has 3 unspecified atom stereocenters. The number of fused-ring (bicyclic) bond motifs is 1. The van der Waals surface area contributed by atoms with Crippen LogP contribution < -0.4 is 11.3 Å². The fraction of sp³-hybridized carbons (Fsp3) is 0.625.